The number of aromatic nitrogens is 4. The molecule has 9 heteroatoms. The van der Waals surface area contributed by atoms with Crippen LogP contribution in [-0.4, -0.2) is 40.2 Å². The van der Waals surface area contributed by atoms with E-state index in [4.69, 9.17) is 0 Å². The van der Waals surface area contributed by atoms with Gasteiger partial charge in [0.15, 0.2) is 5.82 Å². The largest absolute Gasteiger partial charge is 0.365 e. The van der Waals surface area contributed by atoms with Gasteiger partial charge in [0.1, 0.15) is 11.6 Å². The van der Waals surface area contributed by atoms with Gasteiger partial charge in [0.25, 0.3) is 0 Å². The summed E-state index contributed by atoms with van der Waals surface area (Å²) in [5.41, 5.74) is 1.68. The molecular formula is C18H20N6O2S. The lowest BCUT2D eigenvalue weighted by atomic mass is 10.2. The van der Waals surface area contributed by atoms with Gasteiger partial charge in [0.05, 0.1) is 23.8 Å². The highest BCUT2D eigenvalue weighted by molar-refractivity contribution is 7.93. The molecule has 2 aromatic heterocycles. The number of nitrogens with one attached hydrogen (secondary N) is 1. The van der Waals surface area contributed by atoms with Gasteiger partial charge in [-0.05, 0) is 31.0 Å². The standard InChI is InChI=1S/C18H20N6O2S/c1-14-20-6-8-23(14)18-13-19-12-17(22-18)21-11-15-4-2-5-16(10-15)24-7-3-9-27(24,25)26/h2,4-6,8,10,12-13H,3,7,9,11H2,1H3,(H,21,22). The Morgan fingerprint density at radius 3 is 2.89 bits per heavy atom. The number of hydrogen-bond acceptors (Lipinski definition) is 6. The molecule has 0 atom stereocenters. The molecule has 27 heavy (non-hydrogen) atoms. The summed E-state index contributed by atoms with van der Waals surface area (Å²) >= 11 is 0. The van der Waals surface area contributed by atoms with Gasteiger partial charge in [-0.1, -0.05) is 12.1 Å². The summed E-state index contributed by atoms with van der Waals surface area (Å²) in [4.78, 5) is 13.0. The molecule has 4 rings (SSSR count). The van der Waals surface area contributed by atoms with E-state index in [0.29, 0.717) is 36.8 Å². The summed E-state index contributed by atoms with van der Waals surface area (Å²) in [6.07, 6.45) is 7.56. The van der Waals surface area contributed by atoms with Crippen LogP contribution in [0.25, 0.3) is 5.82 Å². The molecule has 3 heterocycles. The van der Waals surface area contributed by atoms with Gasteiger partial charge in [0, 0.05) is 25.5 Å². The third-order valence-electron chi connectivity index (χ3n) is 4.47. The van der Waals surface area contributed by atoms with E-state index in [2.05, 4.69) is 20.3 Å². The van der Waals surface area contributed by atoms with E-state index < -0.39 is 10.0 Å². The van der Waals surface area contributed by atoms with Gasteiger partial charge in [-0.15, -0.1) is 0 Å². The molecule has 0 bridgehead atoms. The number of sulfonamides is 1. The Morgan fingerprint density at radius 2 is 2.15 bits per heavy atom. The molecule has 3 aromatic rings. The Balaban J connectivity index is 1.50. The molecule has 0 spiro atoms. The van der Waals surface area contributed by atoms with Crippen LogP contribution in [-0.2, 0) is 16.6 Å². The predicted molar refractivity (Wildman–Crippen MR) is 103 cm³/mol. The highest BCUT2D eigenvalue weighted by atomic mass is 32.2. The normalized spacial score (nSPS) is 15.8. The monoisotopic (exact) mass is 384 g/mol. The summed E-state index contributed by atoms with van der Waals surface area (Å²) in [6, 6.07) is 7.55. The molecule has 1 aliphatic heterocycles. The lowest BCUT2D eigenvalue weighted by molar-refractivity contribution is 0.599. The minimum Gasteiger partial charge on any atom is -0.365 e. The van der Waals surface area contributed by atoms with Crippen molar-refractivity contribution in [2.24, 2.45) is 0 Å². The van der Waals surface area contributed by atoms with Crippen molar-refractivity contribution in [2.45, 2.75) is 19.9 Å². The van der Waals surface area contributed by atoms with Crippen LogP contribution in [0, 0.1) is 6.92 Å². The van der Waals surface area contributed by atoms with Crippen LogP contribution in [0.3, 0.4) is 0 Å². The van der Waals surface area contributed by atoms with Gasteiger partial charge < -0.3 is 5.32 Å². The van der Waals surface area contributed by atoms with Crippen LogP contribution in [0.5, 0.6) is 0 Å². The van der Waals surface area contributed by atoms with Gasteiger partial charge in [-0.25, -0.2) is 18.4 Å². The average molecular weight is 384 g/mol. The molecule has 1 aromatic carbocycles. The zero-order chi connectivity index (χ0) is 18.9. The van der Waals surface area contributed by atoms with Gasteiger partial charge in [-0.2, -0.15) is 0 Å². The fourth-order valence-corrected chi connectivity index (χ4v) is 4.68. The van der Waals surface area contributed by atoms with E-state index in [0.717, 1.165) is 11.4 Å². The second-order valence-corrected chi connectivity index (χ2v) is 8.38. The van der Waals surface area contributed by atoms with Crippen LogP contribution < -0.4 is 9.62 Å². The first-order valence-electron chi connectivity index (χ1n) is 8.68. The average Bonchev–Trinajstić information content (AvgIpc) is 3.25. The van der Waals surface area contributed by atoms with E-state index in [1.54, 1.807) is 18.6 Å². The third-order valence-corrected chi connectivity index (χ3v) is 6.34. The number of nitrogens with zero attached hydrogens (tertiary/aromatic N) is 5. The van der Waals surface area contributed by atoms with Crippen molar-refractivity contribution in [2.75, 3.05) is 21.9 Å². The quantitative estimate of drug-likeness (QED) is 0.724. The van der Waals surface area contributed by atoms with E-state index in [-0.39, 0.29) is 5.75 Å². The minimum atomic E-state index is -3.18. The van der Waals surface area contributed by atoms with Crippen molar-refractivity contribution in [1.82, 2.24) is 19.5 Å². The molecule has 0 saturated carbocycles. The fourth-order valence-electron chi connectivity index (χ4n) is 3.12. The number of anilines is 2. The van der Waals surface area contributed by atoms with Crippen molar-refractivity contribution >= 4 is 21.5 Å². The van der Waals surface area contributed by atoms with Crippen LogP contribution in [0.1, 0.15) is 17.8 Å². The van der Waals surface area contributed by atoms with Crippen molar-refractivity contribution < 1.29 is 8.42 Å². The lowest BCUT2D eigenvalue weighted by Crippen LogP contribution is -2.25. The second kappa shape index (κ2) is 6.99. The number of benzene rings is 1. The van der Waals surface area contributed by atoms with Crippen LogP contribution in [0.15, 0.2) is 49.1 Å². The summed E-state index contributed by atoms with van der Waals surface area (Å²) in [5, 5.41) is 3.25. The van der Waals surface area contributed by atoms with Crippen molar-refractivity contribution in [3.63, 3.8) is 0 Å². The SMILES string of the molecule is Cc1nccn1-c1cncc(NCc2cccc(N3CCCS3(=O)=O)c2)n1. The molecule has 0 radical (unpaired) electrons. The molecule has 8 nitrogen and oxygen atoms in total. The zero-order valence-electron chi connectivity index (χ0n) is 14.9. The Morgan fingerprint density at radius 1 is 1.26 bits per heavy atom. The molecule has 140 valence electrons. The second-order valence-electron chi connectivity index (χ2n) is 6.37. The third kappa shape index (κ3) is 3.63. The van der Waals surface area contributed by atoms with Gasteiger partial charge in [-0.3, -0.25) is 13.9 Å². The van der Waals surface area contributed by atoms with Crippen LogP contribution >= 0.6 is 0 Å². The summed E-state index contributed by atoms with van der Waals surface area (Å²) in [7, 11) is -3.18. The predicted octanol–water partition coefficient (Wildman–Crippen LogP) is 2.12. The number of aryl methyl sites for hydroxylation is 1. The maximum absolute atomic E-state index is 12.1. The topological polar surface area (TPSA) is 93.0 Å². The first-order valence-corrected chi connectivity index (χ1v) is 10.3. The molecule has 0 unspecified atom stereocenters. The summed E-state index contributed by atoms with van der Waals surface area (Å²) in [6.45, 7) is 2.96. The number of imidazole rings is 1. The number of rotatable bonds is 5. The highest BCUT2D eigenvalue weighted by Gasteiger charge is 2.28. The molecule has 1 N–H and O–H groups in total. The molecule has 0 amide bonds. The maximum atomic E-state index is 12.1. The van der Waals surface area contributed by atoms with E-state index in [9.17, 15) is 8.42 Å². The Bertz CT molecular complexity index is 1060. The fraction of sp³-hybridized carbons (Fsp3) is 0.278. The first kappa shape index (κ1) is 17.5. The van der Waals surface area contributed by atoms with Crippen molar-refractivity contribution in [1.29, 1.82) is 0 Å². The lowest BCUT2D eigenvalue weighted by Gasteiger charge is -2.17. The highest BCUT2D eigenvalue weighted by Crippen LogP contribution is 2.25. The van der Waals surface area contributed by atoms with Gasteiger partial charge in [0.2, 0.25) is 10.0 Å². The Hall–Kier alpha value is -2.94. The summed E-state index contributed by atoms with van der Waals surface area (Å²) in [5.74, 6) is 2.37. The van der Waals surface area contributed by atoms with E-state index in [1.807, 2.05) is 42.0 Å². The van der Waals surface area contributed by atoms with Crippen LogP contribution in [0.4, 0.5) is 11.5 Å². The number of hydrogen-bond donors (Lipinski definition) is 1. The van der Waals surface area contributed by atoms with E-state index >= 15 is 0 Å². The Labute approximate surface area is 158 Å². The van der Waals surface area contributed by atoms with Crippen molar-refractivity contribution in [3.05, 3.63) is 60.4 Å². The molecule has 1 fully saturated rings. The molecule has 1 saturated heterocycles. The molecule has 0 aliphatic carbocycles. The molecule has 1 aliphatic rings. The van der Waals surface area contributed by atoms with Crippen LogP contribution in [0.2, 0.25) is 0 Å². The Kier molecular flexibility index (Phi) is 4.53. The van der Waals surface area contributed by atoms with E-state index in [1.165, 1.54) is 4.31 Å². The van der Waals surface area contributed by atoms with Gasteiger partial charge >= 0.3 is 0 Å². The zero-order valence-corrected chi connectivity index (χ0v) is 15.7. The smallest absolute Gasteiger partial charge is 0.235 e. The summed E-state index contributed by atoms with van der Waals surface area (Å²) < 4.78 is 27.6. The molecular weight excluding hydrogens is 364 g/mol. The minimum absolute atomic E-state index is 0.214. The van der Waals surface area contributed by atoms with Crippen molar-refractivity contribution in [3.8, 4) is 5.82 Å². The maximum Gasteiger partial charge on any atom is 0.235 e. The first-order chi connectivity index (χ1) is 13.0.